The maximum atomic E-state index is 11.0. The Morgan fingerprint density at radius 3 is 2.50 bits per heavy atom. The molecule has 2 nitrogen and oxygen atoms in total. The van der Waals surface area contributed by atoms with Gasteiger partial charge in [0.2, 0.25) is 7.37 Å². The largest absolute Gasteiger partial charge is 0.344 e. The fourth-order valence-corrected chi connectivity index (χ4v) is 2.97. The van der Waals surface area contributed by atoms with E-state index >= 15 is 0 Å². The van der Waals surface area contributed by atoms with E-state index in [1.165, 1.54) is 0 Å². The predicted molar refractivity (Wildman–Crippen MR) is 41.1 cm³/mol. The molecule has 0 saturated heterocycles. The first-order valence-corrected chi connectivity index (χ1v) is 5.04. The summed E-state index contributed by atoms with van der Waals surface area (Å²) in [6.07, 6.45) is 5.59. The molecule has 1 rings (SSSR count). The second kappa shape index (κ2) is 2.27. The van der Waals surface area contributed by atoms with Crippen LogP contribution >= 0.6 is 7.37 Å². The molecule has 0 spiro atoms. The van der Waals surface area contributed by atoms with Gasteiger partial charge in [-0.15, -0.1) is 6.42 Å². The molecule has 3 heteroatoms. The van der Waals surface area contributed by atoms with E-state index in [1.54, 1.807) is 0 Å². The second-order valence-corrected chi connectivity index (χ2v) is 4.89. The summed E-state index contributed by atoms with van der Waals surface area (Å²) in [7, 11) is -2.89. The van der Waals surface area contributed by atoms with Crippen molar-refractivity contribution in [3.05, 3.63) is 11.1 Å². The average Bonchev–Trinajstić information content (AvgIpc) is 2.05. The van der Waals surface area contributed by atoms with E-state index in [-0.39, 0.29) is 12.3 Å². The standard InChI is InChI=1S/C7H9O2P/c1-3-7-5-10(8,9)4-6(7)2/h1H,4-5H2,2H3,(H,8,9). The van der Waals surface area contributed by atoms with Crippen molar-refractivity contribution < 1.29 is 9.46 Å². The first-order chi connectivity index (χ1) is 4.55. The van der Waals surface area contributed by atoms with Crippen LogP contribution < -0.4 is 0 Å². The third kappa shape index (κ3) is 1.31. The molecular formula is C7H9O2P. The predicted octanol–water partition coefficient (Wildman–Crippen LogP) is 1.22. The Morgan fingerprint density at radius 1 is 1.70 bits per heavy atom. The Kier molecular flexibility index (Phi) is 1.72. The maximum absolute atomic E-state index is 11.0. The molecule has 54 valence electrons. The van der Waals surface area contributed by atoms with E-state index in [4.69, 9.17) is 11.3 Å². The average molecular weight is 156 g/mol. The lowest BCUT2D eigenvalue weighted by Crippen LogP contribution is -1.82. The van der Waals surface area contributed by atoms with Gasteiger partial charge in [0.05, 0.1) is 6.16 Å². The molecule has 1 heterocycles. The van der Waals surface area contributed by atoms with Gasteiger partial charge in [0.15, 0.2) is 0 Å². The molecule has 0 amide bonds. The summed E-state index contributed by atoms with van der Waals surface area (Å²) < 4.78 is 11.0. The third-order valence-electron chi connectivity index (χ3n) is 1.58. The third-order valence-corrected chi connectivity index (χ3v) is 3.36. The van der Waals surface area contributed by atoms with E-state index in [0.29, 0.717) is 5.57 Å². The van der Waals surface area contributed by atoms with Crippen molar-refractivity contribution in [2.75, 3.05) is 12.3 Å². The fourth-order valence-electron chi connectivity index (χ4n) is 1.07. The Labute approximate surface area is 60.4 Å². The summed E-state index contributed by atoms with van der Waals surface area (Å²) >= 11 is 0. The van der Waals surface area contributed by atoms with Crippen molar-refractivity contribution in [2.24, 2.45) is 0 Å². The van der Waals surface area contributed by atoms with Crippen molar-refractivity contribution >= 4 is 7.37 Å². The highest BCUT2D eigenvalue weighted by Gasteiger charge is 2.28. The van der Waals surface area contributed by atoms with Crippen molar-refractivity contribution in [1.82, 2.24) is 0 Å². The normalized spacial score (nSPS) is 32.5. The molecule has 0 aromatic rings. The van der Waals surface area contributed by atoms with Gasteiger partial charge >= 0.3 is 0 Å². The summed E-state index contributed by atoms with van der Waals surface area (Å²) in [5.74, 6) is 2.42. The Bertz CT molecular complexity index is 270. The molecule has 0 aliphatic carbocycles. The van der Waals surface area contributed by atoms with E-state index in [1.807, 2.05) is 6.92 Å². The van der Waals surface area contributed by atoms with E-state index in [0.717, 1.165) is 5.57 Å². The van der Waals surface area contributed by atoms with Crippen LogP contribution in [0.5, 0.6) is 0 Å². The van der Waals surface area contributed by atoms with Gasteiger partial charge in [-0.1, -0.05) is 11.5 Å². The first-order valence-electron chi connectivity index (χ1n) is 3.01. The number of terminal acetylenes is 1. The molecule has 1 aliphatic heterocycles. The molecule has 0 bridgehead atoms. The van der Waals surface area contributed by atoms with Crippen LogP contribution in [0, 0.1) is 12.3 Å². The van der Waals surface area contributed by atoms with E-state index in [9.17, 15) is 4.57 Å². The van der Waals surface area contributed by atoms with Crippen molar-refractivity contribution in [3.63, 3.8) is 0 Å². The van der Waals surface area contributed by atoms with Crippen LogP contribution in [0.4, 0.5) is 0 Å². The highest BCUT2D eigenvalue weighted by atomic mass is 31.2. The summed E-state index contributed by atoms with van der Waals surface area (Å²) in [5.41, 5.74) is 1.61. The SMILES string of the molecule is C#CC1=C(C)CP(=O)(O)C1. The molecule has 1 N–H and O–H groups in total. The first kappa shape index (κ1) is 7.60. The summed E-state index contributed by atoms with van der Waals surface area (Å²) in [5, 5.41) is 0. The zero-order valence-electron chi connectivity index (χ0n) is 5.79. The van der Waals surface area contributed by atoms with Crippen LogP contribution in [0.3, 0.4) is 0 Å². The summed E-state index contributed by atoms with van der Waals surface area (Å²) in [6, 6.07) is 0. The molecule has 1 aliphatic rings. The van der Waals surface area contributed by atoms with Gasteiger partial charge in [0, 0.05) is 11.7 Å². The summed E-state index contributed by atoms with van der Waals surface area (Å²) in [6.45, 7) is 1.81. The quantitative estimate of drug-likeness (QED) is 0.423. The Morgan fingerprint density at radius 2 is 2.30 bits per heavy atom. The monoisotopic (exact) mass is 156 g/mol. The van der Waals surface area contributed by atoms with E-state index < -0.39 is 7.37 Å². The van der Waals surface area contributed by atoms with Gasteiger partial charge in [-0.2, -0.15) is 0 Å². The van der Waals surface area contributed by atoms with E-state index in [2.05, 4.69) is 5.92 Å². The molecule has 0 aromatic heterocycles. The Balaban J connectivity index is 2.91. The molecule has 1 atom stereocenters. The topological polar surface area (TPSA) is 37.3 Å². The smallest absolute Gasteiger partial charge is 0.209 e. The number of allylic oxidation sites excluding steroid dienone is 2. The minimum absolute atomic E-state index is 0.204. The van der Waals surface area contributed by atoms with Gasteiger partial charge in [0.25, 0.3) is 0 Å². The lowest BCUT2D eigenvalue weighted by molar-refractivity contribution is 0.486. The molecule has 0 aromatic carbocycles. The minimum atomic E-state index is -2.89. The van der Waals surface area contributed by atoms with Gasteiger partial charge in [-0.25, -0.2) is 0 Å². The van der Waals surface area contributed by atoms with Crippen molar-refractivity contribution in [1.29, 1.82) is 0 Å². The van der Waals surface area contributed by atoms with Crippen LogP contribution in [0.2, 0.25) is 0 Å². The molecule has 0 radical (unpaired) electrons. The van der Waals surface area contributed by atoms with Gasteiger partial charge in [0.1, 0.15) is 0 Å². The van der Waals surface area contributed by atoms with Gasteiger partial charge in [-0.05, 0) is 6.92 Å². The maximum Gasteiger partial charge on any atom is 0.209 e. The zero-order chi connectivity index (χ0) is 7.78. The second-order valence-electron chi connectivity index (χ2n) is 2.57. The molecule has 0 fully saturated rings. The van der Waals surface area contributed by atoms with Gasteiger partial charge in [-0.3, -0.25) is 4.57 Å². The fraction of sp³-hybridized carbons (Fsp3) is 0.429. The molecule has 0 saturated carbocycles. The van der Waals surface area contributed by atoms with Crippen molar-refractivity contribution in [3.8, 4) is 12.3 Å². The molecule has 10 heavy (non-hydrogen) atoms. The zero-order valence-corrected chi connectivity index (χ0v) is 6.69. The van der Waals surface area contributed by atoms with Crippen LogP contribution in [0.15, 0.2) is 11.1 Å². The van der Waals surface area contributed by atoms with Crippen molar-refractivity contribution in [2.45, 2.75) is 6.92 Å². The highest BCUT2D eigenvalue weighted by molar-refractivity contribution is 7.58. The number of hydrogen-bond acceptors (Lipinski definition) is 1. The lowest BCUT2D eigenvalue weighted by atomic mass is 10.2. The highest BCUT2D eigenvalue weighted by Crippen LogP contribution is 2.49. The van der Waals surface area contributed by atoms with Crippen LogP contribution in [-0.4, -0.2) is 17.2 Å². The number of rotatable bonds is 0. The number of hydrogen-bond donors (Lipinski definition) is 1. The van der Waals surface area contributed by atoms with Crippen LogP contribution in [0.25, 0.3) is 0 Å². The minimum Gasteiger partial charge on any atom is -0.344 e. The lowest BCUT2D eigenvalue weighted by Gasteiger charge is -1.98. The van der Waals surface area contributed by atoms with Gasteiger partial charge < -0.3 is 4.89 Å². The molecular weight excluding hydrogens is 147 g/mol. The molecule has 1 unspecified atom stereocenters. The summed E-state index contributed by atoms with van der Waals surface area (Å²) in [4.78, 5) is 9.08. The Hall–Kier alpha value is -0.510. The van der Waals surface area contributed by atoms with Crippen LogP contribution in [-0.2, 0) is 4.57 Å². The van der Waals surface area contributed by atoms with Crippen LogP contribution in [0.1, 0.15) is 6.92 Å².